The van der Waals surface area contributed by atoms with E-state index >= 15 is 0 Å². The highest BCUT2D eigenvalue weighted by molar-refractivity contribution is 5.94. The predicted molar refractivity (Wildman–Crippen MR) is 98.6 cm³/mol. The smallest absolute Gasteiger partial charge is 0.251 e. The molecule has 0 radical (unpaired) electrons. The molecule has 3 nitrogen and oxygen atoms in total. The highest BCUT2D eigenvalue weighted by Crippen LogP contribution is 2.21. The fourth-order valence-electron chi connectivity index (χ4n) is 2.57. The Labute approximate surface area is 145 Å². The van der Waals surface area contributed by atoms with E-state index in [1.54, 1.807) is 0 Å². The average molecular weight is 325 g/mol. The number of carbonyl (C=O) groups excluding carboxylic acids is 1. The maximum Gasteiger partial charge on any atom is 0.251 e. The van der Waals surface area contributed by atoms with Gasteiger partial charge in [-0.05, 0) is 67.6 Å². The summed E-state index contributed by atoms with van der Waals surface area (Å²) < 4.78 is 5.55. The van der Waals surface area contributed by atoms with Gasteiger partial charge in [0.2, 0.25) is 0 Å². The van der Waals surface area contributed by atoms with E-state index < -0.39 is 0 Å². The number of ether oxygens (including phenoxy) is 1. The van der Waals surface area contributed by atoms with E-state index in [2.05, 4.69) is 51.2 Å². The lowest BCUT2D eigenvalue weighted by atomic mass is 9.99. The second-order valence-electron chi connectivity index (χ2n) is 6.15. The van der Waals surface area contributed by atoms with Crippen LogP contribution in [0.15, 0.2) is 42.5 Å². The van der Waals surface area contributed by atoms with Gasteiger partial charge in [-0.1, -0.05) is 32.0 Å². The molecule has 1 atom stereocenters. The molecule has 0 unspecified atom stereocenters. The number of carbonyl (C=O) groups is 1. The van der Waals surface area contributed by atoms with E-state index in [0.29, 0.717) is 12.2 Å². The Balaban J connectivity index is 2.07. The molecule has 24 heavy (non-hydrogen) atoms. The van der Waals surface area contributed by atoms with Gasteiger partial charge in [-0.15, -0.1) is 0 Å². The quantitative estimate of drug-likeness (QED) is 0.780. The molecule has 0 bridgehead atoms. The lowest BCUT2D eigenvalue weighted by Crippen LogP contribution is -2.28. The zero-order chi connectivity index (χ0) is 17.5. The molecule has 128 valence electrons. The zero-order valence-corrected chi connectivity index (χ0v) is 15.1. The Hall–Kier alpha value is -2.29. The largest absolute Gasteiger partial charge is 0.494 e. The van der Waals surface area contributed by atoms with Crippen LogP contribution < -0.4 is 10.1 Å². The third-order valence-corrected chi connectivity index (χ3v) is 4.24. The number of benzene rings is 2. The first kappa shape index (κ1) is 18.1. The van der Waals surface area contributed by atoms with Crippen molar-refractivity contribution in [3.8, 4) is 5.75 Å². The molecule has 3 heteroatoms. The number of amides is 1. The fourth-order valence-corrected chi connectivity index (χ4v) is 2.57. The summed E-state index contributed by atoms with van der Waals surface area (Å²) in [5.74, 6) is 0.747. The van der Waals surface area contributed by atoms with Gasteiger partial charge in [0.05, 0.1) is 12.6 Å². The van der Waals surface area contributed by atoms with E-state index in [1.807, 2.05) is 24.3 Å². The molecule has 0 saturated heterocycles. The lowest BCUT2D eigenvalue weighted by Gasteiger charge is -2.19. The fraction of sp³-hybridized carbons (Fsp3) is 0.381. The van der Waals surface area contributed by atoms with Crippen LogP contribution in [0.1, 0.15) is 59.8 Å². The van der Waals surface area contributed by atoms with Crippen LogP contribution >= 0.6 is 0 Å². The molecule has 0 aromatic heterocycles. The van der Waals surface area contributed by atoms with Crippen LogP contribution in [-0.4, -0.2) is 12.5 Å². The van der Waals surface area contributed by atoms with Crippen LogP contribution in [0.3, 0.4) is 0 Å². The average Bonchev–Trinajstić information content (AvgIpc) is 2.60. The molecule has 2 rings (SSSR count). The summed E-state index contributed by atoms with van der Waals surface area (Å²) in [4.78, 5) is 12.5. The maximum atomic E-state index is 12.5. The lowest BCUT2D eigenvalue weighted by molar-refractivity contribution is 0.0935. The van der Waals surface area contributed by atoms with Gasteiger partial charge in [-0.25, -0.2) is 0 Å². The molecule has 0 saturated carbocycles. The van der Waals surface area contributed by atoms with Crippen LogP contribution in [0.5, 0.6) is 5.75 Å². The van der Waals surface area contributed by atoms with Crippen LogP contribution in [0.4, 0.5) is 0 Å². The van der Waals surface area contributed by atoms with Gasteiger partial charge in [0.15, 0.2) is 0 Å². The van der Waals surface area contributed by atoms with Crippen molar-refractivity contribution < 1.29 is 9.53 Å². The molecule has 1 N–H and O–H groups in total. The highest BCUT2D eigenvalue weighted by Gasteiger charge is 2.14. The Morgan fingerprint density at radius 3 is 2.33 bits per heavy atom. The molecule has 1 amide bonds. The van der Waals surface area contributed by atoms with Gasteiger partial charge < -0.3 is 10.1 Å². The van der Waals surface area contributed by atoms with Gasteiger partial charge >= 0.3 is 0 Å². The van der Waals surface area contributed by atoms with E-state index in [1.165, 1.54) is 11.1 Å². The number of nitrogens with one attached hydrogen (secondary N) is 1. The number of hydrogen-bond acceptors (Lipinski definition) is 2. The number of rotatable bonds is 7. The third kappa shape index (κ3) is 4.60. The minimum Gasteiger partial charge on any atom is -0.494 e. The van der Waals surface area contributed by atoms with Gasteiger partial charge in [0, 0.05) is 5.56 Å². The summed E-state index contributed by atoms with van der Waals surface area (Å²) in [5, 5.41) is 3.13. The summed E-state index contributed by atoms with van der Waals surface area (Å²) in [6.07, 6.45) is 1.82. The van der Waals surface area contributed by atoms with Gasteiger partial charge in [0.25, 0.3) is 5.91 Å². The van der Waals surface area contributed by atoms with Crippen molar-refractivity contribution in [2.75, 3.05) is 6.61 Å². The van der Waals surface area contributed by atoms with Crippen molar-refractivity contribution in [2.45, 2.75) is 46.6 Å². The molecule has 0 aliphatic heterocycles. The van der Waals surface area contributed by atoms with Crippen LogP contribution in [-0.2, 0) is 0 Å². The standard InChI is InChI=1S/C21H27NO2/c1-5-13-24-19-11-9-17(10-12-19)21(23)22-20(6-2)18-8-7-15(3)16(4)14-18/h7-12,14,20H,5-6,13H2,1-4H3,(H,22,23)/t20-/m1/s1. The van der Waals surface area contributed by atoms with Crippen LogP contribution in [0, 0.1) is 13.8 Å². The predicted octanol–water partition coefficient (Wildman–Crippen LogP) is 4.97. The van der Waals surface area contributed by atoms with E-state index in [0.717, 1.165) is 24.2 Å². The van der Waals surface area contributed by atoms with Crippen molar-refractivity contribution in [1.29, 1.82) is 0 Å². The summed E-state index contributed by atoms with van der Waals surface area (Å²) in [5.41, 5.74) is 4.32. The number of aryl methyl sites for hydroxylation is 2. The summed E-state index contributed by atoms with van der Waals surface area (Å²) >= 11 is 0. The highest BCUT2D eigenvalue weighted by atomic mass is 16.5. The molecule has 0 spiro atoms. The molecular weight excluding hydrogens is 298 g/mol. The van der Waals surface area contributed by atoms with Crippen molar-refractivity contribution in [3.63, 3.8) is 0 Å². The van der Waals surface area contributed by atoms with E-state index in [-0.39, 0.29) is 11.9 Å². The molecule has 0 fully saturated rings. The van der Waals surface area contributed by atoms with Crippen LogP contribution in [0.2, 0.25) is 0 Å². The molecular formula is C21H27NO2. The third-order valence-electron chi connectivity index (χ3n) is 4.24. The molecule has 0 aliphatic carbocycles. The second-order valence-corrected chi connectivity index (χ2v) is 6.15. The molecule has 0 heterocycles. The number of hydrogen-bond donors (Lipinski definition) is 1. The summed E-state index contributed by atoms with van der Waals surface area (Å²) in [6.45, 7) is 9.04. The van der Waals surface area contributed by atoms with Gasteiger partial charge in [-0.2, -0.15) is 0 Å². The normalized spacial score (nSPS) is 11.8. The SMILES string of the molecule is CCCOc1ccc(C(=O)N[C@H](CC)c2ccc(C)c(C)c2)cc1. The Morgan fingerprint density at radius 1 is 1.04 bits per heavy atom. The molecule has 0 aliphatic rings. The van der Waals surface area contributed by atoms with Crippen LogP contribution in [0.25, 0.3) is 0 Å². The topological polar surface area (TPSA) is 38.3 Å². The van der Waals surface area contributed by atoms with Crippen molar-refractivity contribution in [3.05, 3.63) is 64.7 Å². The summed E-state index contributed by atoms with van der Waals surface area (Å²) in [7, 11) is 0. The first-order valence-electron chi connectivity index (χ1n) is 8.66. The minimum atomic E-state index is -0.0536. The Kier molecular flexibility index (Phi) is 6.42. The minimum absolute atomic E-state index is 0.0211. The summed E-state index contributed by atoms with van der Waals surface area (Å²) in [6, 6.07) is 13.7. The van der Waals surface area contributed by atoms with Gasteiger partial charge in [0.1, 0.15) is 5.75 Å². The Morgan fingerprint density at radius 2 is 1.75 bits per heavy atom. The second kappa shape index (κ2) is 8.53. The van der Waals surface area contributed by atoms with Crippen molar-refractivity contribution >= 4 is 5.91 Å². The van der Waals surface area contributed by atoms with Gasteiger partial charge in [-0.3, -0.25) is 4.79 Å². The van der Waals surface area contributed by atoms with Crippen molar-refractivity contribution in [2.24, 2.45) is 0 Å². The first-order valence-corrected chi connectivity index (χ1v) is 8.66. The van der Waals surface area contributed by atoms with E-state index in [4.69, 9.17) is 4.74 Å². The Bertz CT molecular complexity index is 677. The first-order chi connectivity index (χ1) is 11.5. The molecule has 2 aromatic carbocycles. The molecule has 2 aromatic rings. The maximum absolute atomic E-state index is 12.5. The monoisotopic (exact) mass is 325 g/mol. The van der Waals surface area contributed by atoms with E-state index in [9.17, 15) is 4.79 Å². The van der Waals surface area contributed by atoms with Crippen molar-refractivity contribution in [1.82, 2.24) is 5.32 Å². The zero-order valence-electron chi connectivity index (χ0n) is 15.1.